The summed E-state index contributed by atoms with van der Waals surface area (Å²) in [6.07, 6.45) is 0. The molecular formula is C10H13ClN2O2. The van der Waals surface area contributed by atoms with Crippen LogP contribution in [0.25, 0.3) is 0 Å². The second kappa shape index (κ2) is 4.57. The van der Waals surface area contributed by atoms with Crippen LogP contribution in [0.5, 0.6) is 0 Å². The van der Waals surface area contributed by atoms with Crippen LogP contribution in [0, 0.1) is 6.92 Å². The third-order valence-corrected chi connectivity index (χ3v) is 2.26. The number of aromatic nitrogens is 2. The Balaban J connectivity index is 3.40. The molecule has 0 saturated carbocycles. The predicted octanol–water partition coefficient (Wildman–Crippen LogP) is 2.35. The van der Waals surface area contributed by atoms with E-state index in [9.17, 15) is 4.79 Å². The van der Waals surface area contributed by atoms with Gasteiger partial charge in [0.1, 0.15) is 11.0 Å². The molecule has 1 aromatic heterocycles. The number of hydrogen-bond donors (Lipinski definition) is 0. The lowest BCUT2D eigenvalue weighted by Crippen LogP contribution is -2.12. The standard InChI is InChI=1S/C10H13ClN2O2/c1-5(2)7-8(10(14)15-4)12-6(3)13-9(7)11/h5H,1-4H3. The Hall–Kier alpha value is -1.16. The molecule has 0 aliphatic rings. The summed E-state index contributed by atoms with van der Waals surface area (Å²) in [5, 5.41) is 0.318. The highest BCUT2D eigenvalue weighted by molar-refractivity contribution is 6.30. The van der Waals surface area contributed by atoms with Gasteiger partial charge in [0.25, 0.3) is 0 Å². The molecule has 1 heterocycles. The lowest BCUT2D eigenvalue weighted by Gasteiger charge is -2.12. The molecule has 0 N–H and O–H groups in total. The fourth-order valence-corrected chi connectivity index (χ4v) is 1.74. The molecular weight excluding hydrogens is 216 g/mol. The van der Waals surface area contributed by atoms with Crippen molar-refractivity contribution in [2.45, 2.75) is 26.7 Å². The van der Waals surface area contributed by atoms with Crippen LogP contribution in [-0.2, 0) is 4.74 Å². The van der Waals surface area contributed by atoms with Crippen LogP contribution in [0.15, 0.2) is 0 Å². The average Bonchev–Trinajstić information content (AvgIpc) is 2.14. The molecule has 1 rings (SSSR count). The number of carbonyl (C=O) groups excluding carboxylic acids is 1. The van der Waals surface area contributed by atoms with Gasteiger partial charge in [0.15, 0.2) is 5.69 Å². The molecule has 0 spiro atoms. The topological polar surface area (TPSA) is 52.1 Å². The van der Waals surface area contributed by atoms with Crippen LogP contribution in [0.2, 0.25) is 5.15 Å². The molecule has 0 aliphatic carbocycles. The van der Waals surface area contributed by atoms with E-state index in [1.165, 1.54) is 7.11 Å². The predicted molar refractivity (Wildman–Crippen MR) is 57.2 cm³/mol. The second-order valence-electron chi connectivity index (χ2n) is 3.47. The Morgan fingerprint density at radius 1 is 1.40 bits per heavy atom. The third-order valence-electron chi connectivity index (χ3n) is 1.97. The number of hydrogen-bond acceptors (Lipinski definition) is 4. The van der Waals surface area contributed by atoms with E-state index in [0.29, 0.717) is 16.5 Å². The van der Waals surface area contributed by atoms with Crippen molar-refractivity contribution in [3.8, 4) is 0 Å². The number of halogens is 1. The van der Waals surface area contributed by atoms with Gasteiger partial charge in [-0.05, 0) is 12.8 Å². The normalized spacial score (nSPS) is 10.5. The molecule has 0 atom stereocenters. The molecule has 82 valence electrons. The molecule has 0 saturated heterocycles. The fourth-order valence-electron chi connectivity index (χ4n) is 1.31. The minimum atomic E-state index is -0.480. The van der Waals surface area contributed by atoms with Crippen molar-refractivity contribution in [3.05, 3.63) is 22.2 Å². The molecule has 1 aromatic rings. The van der Waals surface area contributed by atoms with Crippen LogP contribution in [0.1, 0.15) is 41.6 Å². The monoisotopic (exact) mass is 228 g/mol. The first kappa shape index (κ1) is 11.9. The van der Waals surface area contributed by atoms with Gasteiger partial charge in [-0.25, -0.2) is 14.8 Å². The Kier molecular flexibility index (Phi) is 3.63. The molecule has 0 fully saturated rings. The Bertz CT molecular complexity index is 391. The van der Waals surface area contributed by atoms with E-state index in [1.807, 2.05) is 13.8 Å². The summed E-state index contributed by atoms with van der Waals surface area (Å²) in [6, 6.07) is 0. The number of esters is 1. The molecule has 0 bridgehead atoms. The molecule has 0 aromatic carbocycles. The van der Waals surface area contributed by atoms with Gasteiger partial charge >= 0.3 is 5.97 Å². The summed E-state index contributed by atoms with van der Waals surface area (Å²) in [6.45, 7) is 5.53. The van der Waals surface area contributed by atoms with Crippen molar-refractivity contribution in [1.29, 1.82) is 0 Å². The second-order valence-corrected chi connectivity index (χ2v) is 3.83. The minimum absolute atomic E-state index is 0.0761. The number of methoxy groups -OCH3 is 1. The minimum Gasteiger partial charge on any atom is -0.464 e. The highest BCUT2D eigenvalue weighted by Crippen LogP contribution is 2.25. The van der Waals surface area contributed by atoms with Gasteiger partial charge in [-0.2, -0.15) is 0 Å². The molecule has 4 nitrogen and oxygen atoms in total. The number of aryl methyl sites for hydroxylation is 1. The lowest BCUT2D eigenvalue weighted by atomic mass is 10.0. The van der Waals surface area contributed by atoms with Gasteiger partial charge in [0, 0.05) is 5.56 Å². The first-order valence-corrected chi connectivity index (χ1v) is 4.97. The van der Waals surface area contributed by atoms with Crippen LogP contribution in [0.4, 0.5) is 0 Å². The Morgan fingerprint density at radius 3 is 2.47 bits per heavy atom. The van der Waals surface area contributed by atoms with Gasteiger partial charge < -0.3 is 4.74 Å². The zero-order valence-electron chi connectivity index (χ0n) is 9.17. The van der Waals surface area contributed by atoms with E-state index in [-0.39, 0.29) is 11.6 Å². The molecule has 15 heavy (non-hydrogen) atoms. The summed E-state index contributed by atoms with van der Waals surface area (Å²) >= 11 is 5.97. The van der Waals surface area contributed by atoms with Crippen LogP contribution in [0.3, 0.4) is 0 Å². The van der Waals surface area contributed by atoms with Crippen LogP contribution in [-0.4, -0.2) is 23.0 Å². The van der Waals surface area contributed by atoms with E-state index in [0.717, 1.165) is 0 Å². The van der Waals surface area contributed by atoms with Crippen LogP contribution < -0.4 is 0 Å². The summed E-state index contributed by atoms with van der Waals surface area (Å²) in [5.74, 6) is 0.0584. The third kappa shape index (κ3) is 2.45. The summed E-state index contributed by atoms with van der Waals surface area (Å²) < 4.78 is 4.65. The molecule has 0 radical (unpaired) electrons. The number of carbonyl (C=O) groups is 1. The average molecular weight is 229 g/mol. The first-order valence-electron chi connectivity index (χ1n) is 4.59. The summed E-state index contributed by atoms with van der Waals surface area (Å²) in [5.41, 5.74) is 0.888. The van der Waals surface area contributed by atoms with E-state index in [1.54, 1.807) is 6.92 Å². The summed E-state index contributed by atoms with van der Waals surface area (Å²) in [7, 11) is 1.32. The quantitative estimate of drug-likeness (QED) is 0.576. The lowest BCUT2D eigenvalue weighted by molar-refractivity contribution is 0.0591. The Morgan fingerprint density at radius 2 is 2.00 bits per heavy atom. The smallest absolute Gasteiger partial charge is 0.357 e. The highest BCUT2D eigenvalue weighted by Gasteiger charge is 2.20. The Labute approximate surface area is 93.6 Å². The van der Waals surface area contributed by atoms with Gasteiger partial charge in [-0.1, -0.05) is 25.4 Å². The van der Waals surface area contributed by atoms with Gasteiger partial charge in [-0.3, -0.25) is 0 Å². The molecule has 0 amide bonds. The zero-order valence-corrected chi connectivity index (χ0v) is 9.92. The van der Waals surface area contributed by atoms with Crippen molar-refractivity contribution in [2.24, 2.45) is 0 Å². The largest absolute Gasteiger partial charge is 0.464 e. The number of ether oxygens (including phenoxy) is 1. The number of rotatable bonds is 2. The zero-order chi connectivity index (χ0) is 11.6. The van der Waals surface area contributed by atoms with E-state index < -0.39 is 5.97 Å². The molecule has 5 heteroatoms. The van der Waals surface area contributed by atoms with Gasteiger partial charge in [-0.15, -0.1) is 0 Å². The van der Waals surface area contributed by atoms with Gasteiger partial charge in [0.05, 0.1) is 7.11 Å². The van der Waals surface area contributed by atoms with E-state index in [2.05, 4.69) is 14.7 Å². The van der Waals surface area contributed by atoms with Gasteiger partial charge in [0.2, 0.25) is 0 Å². The SMILES string of the molecule is COC(=O)c1nc(C)nc(Cl)c1C(C)C. The summed E-state index contributed by atoms with van der Waals surface area (Å²) in [4.78, 5) is 19.5. The van der Waals surface area contributed by atoms with Crippen LogP contribution >= 0.6 is 11.6 Å². The highest BCUT2D eigenvalue weighted by atomic mass is 35.5. The maximum absolute atomic E-state index is 11.5. The van der Waals surface area contributed by atoms with Crippen molar-refractivity contribution in [2.75, 3.05) is 7.11 Å². The fraction of sp³-hybridized carbons (Fsp3) is 0.500. The van der Waals surface area contributed by atoms with Crippen molar-refractivity contribution in [1.82, 2.24) is 9.97 Å². The molecule has 0 unspecified atom stereocenters. The maximum Gasteiger partial charge on any atom is 0.357 e. The van der Waals surface area contributed by atoms with Crippen molar-refractivity contribution >= 4 is 17.6 Å². The number of nitrogens with zero attached hydrogens (tertiary/aromatic N) is 2. The van der Waals surface area contributed by atoms with Crippen molar-refractivity contribution < 1.29 is 9.53 Å². The van der Waals surface area contributed by atoms with E-state index in [4.69, 9.17) is 11.6 Å². The van der Waals surface area contributed by atoms with Crippen molar-refractivity contribution in [3.63, 3.8) is 0 Å². The molecule has 0 aliphatic heterocycles. The van der Waals surface area contributed by atoms with E-state index >= 15 is 0 Å². The first-order chi connectivity index (χ1) is 6.97. The maximum atomic E-state index is 11.5.